The van der Waals surface area contributed by atoms with Crippen molar-refractivity contribution in [2.75, 3.05) is 7.11 Å². The molecule has 6 heteroatoms. The van der Waals surface area contributed by atoms with Crippen LogP contribution in [0.1, 0.15) is 5.69 Å². The van der Waals surface area contributed by atoms with Crippen molar-refractivity contribution in [2.24, 2.45) is 9.98 Å². The summed E-state index contributed by atoms with van der Waals surface area (Å²) in [6.45, 7) is 0. The van der Waals surface area contributed by atoms with E-state index in [1.54, 1.807) is 17.8 Å². The van der Waals surface area contributed by atoms with Gasteiger partial charge in [-0.05, 0) is 24.3 Å². The van der Waals surface area contributed by atoms with Crippen molar-refractivity contribution >= 4 is 6.08 Å². The fraction of sp³-hybridized carbons (Fsp3) is 0.0417. The Hall–Kier alpha value is -4.19. The molecule has 5 rings (SSSR count). The number of imidazole rings is 1. The number of fused-ring (bicyclic) bond motifs is 1. The fourth-order valence-corrected chi connectivity index (χ4v) is 3.46. The summed E-state index contributed by atoms with van der Waals surface area (Å²) in [4.78, 5) is 13.8. The SMILES string of the molecule is COc1ccccc1-n1c(-c2ccccc2)nc(C=C2N=c3ccccc3=N2)c1O. The van der Waals surface area contributed by atoms with Crippen LogP contribution < -0.4 is 15.5 Å². The summed E-state index contributed by atoms with van der Waals surface area (Å²) in [5, 5.41) is 12.7. The van der Waals surface area contributed by atoms with Gasteiger partial charge in [-0.3, -0.25) is 4.57 Å². The minimum Gasteiger partial charge on any atom is -0.495 e. The van der Waals surface area contributed by atoms with E-state index in [1.807, 2.05) is 78.9 Å². The van der Waals surface area contributed by atoms with Gasteiger partial charge < -0.3 is 9.84 Å². The third-order valence-electron chi connectivity index (χ3n) is 4.85. The summed E-state index contributed by atoms with van der Waals surface area (Å²) < 4.78 is 7.20. The third kappa shape index (κ3) is 3.04. The van der Waals surface area contributed by atoms with Crippen molar-refractivity contribution in [1.82, 2.24) is 9.55 Å². The summed E-state index contributed by atoms with van der Waals surface area (Å²) >= 11 is 0. The highest BCUT2D eigenvalue weighted by Gasteiger charge is 2.21. The Morgan fingerprint density at radius 1 is 0.833 bits per heavy atom. The molecular weight excluding hydrogens is 376 g/mol. The van der Waals surface area contributed by atoms with Crippen LogP contribution in [-0.4, -0.2) is 21.8 Å². The minimum atomic E-state index is -0.00721. The lowest BCUT2D eigenvalue weighted by Gasteiger charge is -2.13. The number of benzene rings is 3. The molecule has 0 atom stereocenters. The predicted octanol–water partition coefficient (Wildman–Crippen LogP) is 3.50. The van der Waals surface area contributed by atoms with Gasteiger partial charge in [0.1, 0.15) is 17.3 Å². The van der Waals surface area contributed by atoms with Gasteiger partial charge in [0.15, 0.2) is 5.82 Å². The molecule has 146 valence electrons. The van der Waals surface area contributed by atoms with Crippen molar-refractivity contribution in [3.05, 3.63) is 101 Å². The number of nitrogens with zero attached hydrogens (tertiary/aromatic N) is 4. The summed E-state index contributed by atoms with van der Waals surface area (Å²) in [6, 6.07) is 24.9. The molecule has 0 bridgehead atoms. The quantitative estimate of drug-likeness (QED) is 0.576. The molecule has 0 saturated heterocycles. The Bertz CT molecular complexity index is 1350. The first kappa shape index (κ1) is 17.9. The van der Waals surface area contributed by atoms with Crippen LogP contribution in [0.15, 0.2) is 94.7 Å². The molecule has 0 amide bonds. The Kier molecular flexibility index (Phi) is 4.37. The highest BCUT2D eigenvalue weighted by atomic mass is 16.5. The molecule has 4 aromatic rings. The molecule has 2 heterocycles. The van der Waals surface area contributed by atoms with E-state index in [1.165, 1.54) is 0 Å². The van der Waals surface area contributed by atoms with Crippen LogP contribution in [0.4, 0.5) is 0 Å². The maximum atomic E-state index is 11.1. The summed E-state index contributed by atoms with van der Waals surface area (Å²) in [6.07, 6.45) is 1.69. The number of hydrogen-bond donors (Lipinski definition) is 1. The average molecular weight is 394 g/mol. The lowest BCUT2D eigenvalue weighted by atomic mass is 10.2. The molecule has 30 heavy (non-hydrogen) atoms. The second kappa shape index (κ2) is 7.33. The van der Waals surface area contributed by atoms with Crippen LogP contribution in [0.5, 0.6) is 11.6 Å². The van der Waals surface area contributed by atoms with Gasteiger partial charge in [0.25, 0.3) is 0 Å². The Morgan fingerprint density at radius 2 is 1.47 bits per heavy atom. The highest BCUT2D eigenvalue weighted by Crippen LogP contribution is 2.35. The van der Waals surface area contributed by atoms with E-state index in [4.69, 9.17) is 9.72 Å². The minimum absolute atomic E-state index is 0.00721. The van der Waals surface area contributed by atoms with E-state index in [-0.39, 0.29) is 5.88 Å². The van der Waals surface area contributed by atoms with Crippen LogP contribution in [0.2, 0.25) is 0 Å². The molecule has 0 unspecified atom stereocenters. The maximum Gasteiger partial charge on any atom is 0.224 e. The molecule has 0 spiro atoms. The fourth-order valence-electron chi connectivity index (χ4n) is 3.46. The number of aromatic nitrogens is 2. The van der Waals surface area contributed by atoms with Crippen LogP contribution in [0.3, 0.4) is 0 Å². The van der Waals surface area contributed by atoms with Gasteiger partial charge >= 0.3 is 0 Å². The van der Waals surface area contributed by atoms with E-state index < -0.39 is 0 Å². The first-order chi connectivity index (χ1) is 14.7. The van der Waals surface area contributed by atoms with Crippen molar-refractivity contribution in [3.8, 4) is 28.7 Å². The van der Waals surface area contributed by atoms with E-state index in [0.29, 0.717) is 28.8 Å². The summed E-state index contributed by atoms with van der Waals surface area (Å²) in [5.74, 6) is 1.71. The zero-order valence-corrected chi connectivity index (χ0v) is 16.2. The van der Waals surface area contributed by atoms with Gasteiger partial charge in [-0.15, -0.1) is 0 Å². The average Bonchev–Trinajstić information content (AvgIpc) is 3.35. The van der Waals surface area contributed by atoms with E-state index in [9.17, 15) is 5.11 Å². The number of methoxy groups -OCH3 is 1. The molecule has 0 saturated carbocycles. The zero-order valence-electron chi connectivity index (χ0n) is 16.2. The van der Waals surface area contributed by atoms with Crippen molar-refractivity contribution in [3.63, 3.8) is 0 Å². The topological polar surface area (TPSA) is 72.0 Å². The Labute approximate surface area is 172 Å². The van der Waals surface area contributed by atoms with Crippen molar-refractivity contribution in [2.45, 2.75) is 0 Å². The molecule has 3 aromatic carbocycles. The van der Waals surface area contributed by atoms with Crippen molar-refractivity contribution in [1.29, 1.82) is 0 Å². The van der Waals surface area contributed by atoms with Gasteiger partial charge in [0, 0.05) is 11.6 Å². The molecule has 1 aliphatic rings. The van der Waals surface area contributed by atoms with Crippen LogP contribution in [-0.2, 0) is 0 Å². The molecule has 1 N–H and O–H groups in total. The van der Waals surface area contributed by atoms with Crippen LogP contribution in [0, 0.1) is 0 Å². The zero-order chi connectivity index (χ0) is 20.5. The molecule has 6 nitrogen and oxygen atoms in total. The van der Waals surface area contributed by atoms with Gasteiger partial charge in [0.2, 0.25) is 5.88 Å². The lowest BCUT2D eigenvalue weighted by molar-refractivity contribution is 0.406. The standard InChI is InChI=1S/C24H18N4O2/c1-30-21-14-8-7-13-20(21)28-23(16-9-3-2-4-10-16)27-19(24(28)29)15-22-25-17-11-5-6-12-18(17)26-22/h2-15,29H,1H3. The molecule has 1 aliphatic heterocycles. The van der Waals surface area contributed by atoms with Gasteiger partial charge in [-0.25, -0.2) is 15.0 Å². The van der Waals surface area contributed by atoms with E-state index in [2.05, 4.69) is 9.98 Å². The van der Waals surface area contributed by atoms with Gasteiger partial charge in [0.05, 0.1) is 23.5 Å². The van der Waals surface area contributed by atoms with Crippen molar-refractivity contribution < 1.29 is 9.84 Å². The van der Waals surface area contributed by atoms with Gasteiger partial charge in [-0.1, -0.05) is 54.6 Å². The molecule has 0 radical (unpaired) electrons. The largest absolute Gasteiger partial charge is 0.495 e. The number of rotatable bonds is 4. The number of para-hydroxylation sites is 4. The molecule has 0 fully saturated rings. The number of hydrogen-bond acceptors (Lipinski definition) is 5. The maximum absolute atomic E-state index is 11.1. The second-order valence-electron chi connectivity index (χ2n) is 6.73. The predicted molar refractivity (Wildman–Crippen MR) is 114 cm³/mol. The monoisotopic (exact) mass is 394 g/mol. The number of ether oxygens (including phenoxy) is 1. The Morgan fingerprint density at radius 3 is 2.17 bits per heavy atom. The third-order valence-corrected chi connectivity index (χ3v) is 4.85. The molecular formula is C24H18N4O2. The Balaban J connectivity index is 1.72. The number of aromatic hydroxyl groups is 1. The molecule has 0 aliphatic carbocycles. The normalized spacial score (nSPS) is 12.1. The molecule has 1 aromatic heterocycles. The van der Waals surface area contributed by atoms with E-state index in [0.717, 1.165) is 16.3 Å². The lowest BCUT2D eigenvalue weighted by Crippen LogP contribution is -2.19. The first-order valence-electron chi connectivity index (χ1n) is 9.49. The van der Waals surface area contributed by atoms with Crippen LogP contribution in [0.25, 0.3) is 23.2 Å². The smallest absolute Gasteiger partial charge is 0.224 e. The van der Waals surface area contributed by atoms with E-state index >= 15 is 0 Å². The van der Waals surface area contributed by atoms with Gasteiger partial charge in [-0.2, -0.15) is 0 Å². The summed E-state index contributed by atoms with van der Waals surface area (Å²) in [5.41, 5.74) is 1.94. The first-order valence-corrected chi connectivity index (χ1v) is 9.49. The highest BCUT2D eigenvalue weighted by molar-refractivity contribution is 5.68. The van der Waals surface area contributed by atoms with Crippen LogP contribution >= 0.6 is 0 Å². The second-order valence-corrected chi connectivity index (χ2v) is 6.73. The summed E-state index contributed by atoms with van der Waals surface area (Å²) in [7, 11) is 1.60.